The lowest BCUT2D eigenvalue weighted by Gasteiger charge is -2.33. The molecule has 0 saturated carbocycles. The van der Waals surface area contributed by atoms with Crippen LogP contribution in [-0.4, -0.2) is 67.9 Å². The van der Waals surface area contributed by atoms with Crippen LogP contribution in [0.3, 0.4) is 0 Å². The quantitative estimate of drug-likeness (QED) is 0.683. The molecule has 3 rings (SSSR count). The molecule has 0 atom stereocenters. The second-order valence-corrected chi connectivity index (χ2v) is 8.61. The SMILES string of the molecule is O=C(/C=C\c1ccccc1)NCCS(=O)(=O)N1CCN(C(=O)c2ccco2)CC1. The summed E-state index contributed by atoms with van der Waals surface area (Å²) < 4.78 is 31.4. The van der Waals surface area contributed by atoms with Crippen LogP contribution in [0.15, 0.2) is 59.2 Å². The minimum Gasteiger partial charge on any atom is -0.459 e. The van der Waals surface area contributed by atoms with Gasteiger partial charge < -0.3 is 14.6 Å². The molecular formula is C20H23N3O5S. The lowest BCUT2D eigenvalue weighted by Crippen LogP contribution is -2.51. The van der Waals surface area contributed by atoms with E-state index in [4.69, 9.17) is 4.42 Å². The van der Waals surface area contributed by atoms with Gasteiger partial charge in [-0.1, -0.05) is 30.3 Å². The van der Waals surface area contributed by atoms with E-state index in [1.807, 2.05) is 30.3 Å². The number of nitrogens with zero attached hydrogens (tertiary/aromatic N) is 2. The van der Waals surface area contributed by atoms with Crippen molar-refractivity contribution in [1.82, 2.24) is 14.5 Å². The van der Waals surface area contributed by atoms with E-state index in [1.54, 1.807) is 23.1 Å². The summed E-state index contributed by atoms with van der Waals surface area (Å²) in [4.78, 5) is 25.7. The van der Waals surface area contributed by atoms with Crippen molar-refractivity contribution in [2.75, 3.05) is 38.5 Å². The Balaban J connectivity index is 1.42. The Labute approximate surface area is 169 Å². The molecule has 154 valence electrons. The van der Waals surface area contributed by atoms with Gasteiger partial charge in [-0.05, 0) is 23.8 Å². The number of hydrogen-bond acceptors (Lipinski definition) is 5. The summed E-state index contributed by atoms with van der Waals surface area (Å²) in [5.41, 5.74) is 0.886. The maximum absolute atomic E-state index is 12.5. The number of furan rings is 1. The third-order valence-corrected chi connectivity index (χ3v) is 6.41. The van der Waals surface area contributed by atoms with Gasteiger partial charge in [0.05, 0.1) is 12.0 Å². The average molecular weight is 417 g/mol. The van der Waals surface area contributed by atoms with Gasteiger partial charge in [-0.15, -0.1) is 0 Å². The molecule has 1 fully saturated rings. The lowest BCUT2D eigenvalue weighted by molar-refractivity contribution is -0.116. The number of benzene rings is 1. The van der Waals surface area contributed by atoms with Crippen molar-refractivity contribution in [3.05, 3.63) is 66.1 Å². The summed E-state index contributed by atoms with van der Waals surface area (Å²) >= 11 is 0. The zero-order valence-corrected chi connectivity index (χ0v) is 16.7. The maximum Gasteiger partial charge on any atom is 0.289 e. The van der Waals surface area contributed by atoms with Crippen molar-refractivity contribution in [2.45, 2.75) is 0 Å². The van der Waals surface area contributed by atoms with E-state index < -0.39 is 10.0 Å². The van der Waals surface area contributed by atoms with Crippen molar-refractivity contribution >= 4 is 27.9 Å². The number of carbonyl (C=O) groups is 2. The van der Waals surface area contributed by atoms with Gasteiger partial charge in [0, 0.05) is 38.8 Å². The van der Waals surface area contributed by atoms with Crippen molar-refractivity contribution in [3.8, 4) is 0 Å². The highest BCUT2D eigenvalue weighted by molar-refractivity contribution is 7.89. The smallest absolute Gasteiger partial charge is 0.289 e. The molecule has 29 heavy (non-hydrogen) atoms. The fraction of sp³-hybridized carbons (Fsp3) is 0.300. The molecule has 1 N–H and O–H groups in total. The normalized spacial score (nSPS) is 15.5. The summed E-state index contributed by atoms with van der Waals surface area (Å²) in [5.74, 6) is -0.542. The first-order valence-corrected chi connectivity index (χ1v) is 10.9. The second kappa shape index (κ2) is 9.53. The van der Waals surface area contributed by atoms with Crippen molar-refractivity contribution in [1.29, 1.82) is 0 Å². The molecule has 8 nitrogen and oxygen atoms in total. The maximum atomic E-state index is 12.5. The molecule has 2 amide bonds. The minimum atomic E-state index is -3.52. The third-order valence-electron chi connectivity index (χ3n) is 4.54. The highest BCUT2D eigenvalue weighted by Crippen LogP contribution is 2.12. The molecule has 0 bridgehead atoms. The zero-order valence-electron chi connectivity index (χ0n) is 15.9. The van der Waals surface area contributed by atoms with Crippen molar-refractivity contribution < 1.29 is 22.4 Å². The van der Waals surface area contributed by atoms with E-state index in [2.05, 4.69) is 5.32 Å². The predicted molar refractivity (Wildman–Crippen MR) is 108 cm³/mol. The fourth-order valence-electron chi connectivity index (χ4n) is 2.95. The number of piperazine rings is 1. The molecule has 1 aliphatic heterocycles. The molecule has 0 unspecified atom stereocenters. The van der Waals surface area contributed by atoms with Crippen LogP contribution in [0, 0.1) is 0 Å². The van der Waals surface area contributed by atoms with E-state index in [-0.39, 0.29) is 43.0 Å². The monoisotopic (exact) mass is 417 g/mol. The van der Waals surface area contributed by atoms with E-state index in [0.717, 1.165) is 5.56 Å². The largest absolute Gasteiger partial charge is 0.459 e. The van der Waals surface area contributed by atoms with Crippen LogP contribution in [0.4, 0.5) is 0 Å². The molecule has 9 heteroatoms. The van der Waals surface area contributed by atoms with Gasteiger partial charge in [0.2, 0.25) is 15.9 Å². The van der Waals surface area contributed by atoms with Crippen LogP contribution >= 0.6 is 0 Å². The third kappa shape index (κ3) is 5.78. The van der Waals surface area contributed by atoms with Crippen molar-refractivity contribution in [3.63, 3.8) is 0 Å². The van der Waals surface area contributed by atoms with Gasteiger partial charge >= 0.3 is 0 Å². The topological polar surface area (TPSA) is 99.9 Å². The molecule has 0 aliphatic carbocycles. The molecule has 1 aromatic carbocycles. The molecule has 1 aromatic heterocycles. The Bertz CT molecular complexity index is 947. The van der Waals surface area contributed by atoms with Crippen LogP contribution in [0.5, 0.6) is 0 Å². The van der Waals surface area contributed by atoms with Crippen LogP contribution in [0.25, 0.3) is 6.08 Å². The number of amides is 2. The molecule has 2 heterocycles. The fourth-order valence-corrected chi connectivity index (χ4v) is 4.29. The summed E-state index contributed by atoms with van der Waals surface area (Å²) in [7, 11) is -3.52. The van der Waals surface area contributed by atoms with Gasteiger partial charge in [0.15, 0.2) is 5.76 Å². The number of rotatable bonds is 7. The Morgan fingerprint density at radius 1 is 1.03 bits per heavy atom. The summed E-state index contributed by atoms with van der Waals surface area (Å²) in [6.45, 7) is 1.05. The summed E-state index contributed by atoms with van der Waals surface area (Å²) in [6, 6.07) is 12.6. The predicted octanol–water partition coefficient (Wildman–Crippen LogP) is 1.20. The summed E-state index contributed by atoms with van der Waals surface area (Å²) in [6.07, 6.45) is 4.47. The standard InChI is InChI=1S/C20H23N3O5S/c24-19(9-8-17-5-2-1-3-6-17)21-10-16-29(26,27)23-13-11-22(12-14-23)20(25)18-7-4-15-28-18/h1-9,15H,10-14,16H2,(H,21,24)/b9-8-. The van der Waals surface area contributed by atoms with E-state index in [9.17, 15) is 18.0 Å². The first-order valence-electron chi connectivity index (χ1n) is 9.27. The zero-order chi connectivity index (χ0) is 20.7. The van der Waals surface area contributed by atoms with Crippen LogP contribution in [-0.2, 0) is 14.8 Å². The van der Waals surface area contributed by atoms with Crippen LogP contribution in [0.1, 0.15) is 16.1 Å². The number of sulfonamides is 1. The molecular weight excluding hydrogens is 394 g/mol. The number of nitrogens with one attached hydrogen (secondary N) is 1. The van der Waals surface area contributed by atoms with Crippen molar-refractivity contribution in [2.24, 2.45) is 0 Å². The van der Waals surface area contributed by atoms with Gasteiger partial charge in [-0.3, -0.25) is 9.59 Å². The molecule has 1 saturated heterocycles. The van der Waals surface area contributed by atoms with Gasteiger partial charge in [-0.25, -0.2) is 8.42 Å². The average Bonchev–Trinajstić information content (AvgIpc) is 3.27. The van der Waals surface area contributed by atoms with Crippen LogP contribution in [0.2, 0.25) is 0 Å². The minimum absolute atomic E-state index is 0.0197. The molecule has 2 aromatic rings. The highest BCUT2D eigenvalue weighted by atomic mass is 32.2. The Morgan fingerprint density at radius 2 is 1.76 bits per heavy atom. The molecule has 0 radical (unpaired) electrons. The Morgan fingerprint density at radius 3 is 2.41 bits per heavy atom. The van der Waals surface area contributed by atoms with E-state index >= 15 is 0 Å². The Hall–Kier alpha value is -2.91. The second-order valence-electron chi connectivity index (χ2n) is 6.52. The summed E-state index contributed by atoms with van der Waals surface area (Å²) in [5, 5.41) is 2.59. The number of carbonyl (C=O) groups excluding carboxylic acids is 2. The van der Waals surface area contributed by atoms with Gasteiger partial charge in [0.1, 0.15) is 0 Å². The first-order chi connectivity index (χ1) is 14.0. The first kappa shape index (κ1) is 20.8. The van der Waals surface area contributed by atoms with E-state index in [0.29, 0.717) is 13.1 Å². The molecule has 1 aliphatic rings. The lowest BCUT2D eigenvalue weighted by atomic mass is 10.2. The van der Waals surface area contributed by atoms with Gasteiger partial charge in [-0.2, -0.15) is 4.31 Å². The van der Waals surface area contributed by atoms with E-state index in [1.165, 1.54) is 16.6 Å². The molecule has 0 spiro atoms. The Kier molecular flexibility index (Phi) is 6.84. The number of hydrogen-bond donors (Lipinski definition) is 1. The van der Waals surface area contributed by atoms with Crippen LogP contribution < -0.4 is 5.32 Å². The van der Waals surface area contributed by atoms with Gasteiger partial charge in [0.25, 0.3) is 5.91 Å². The highest BCUT2D eigenvalue weighted by Gasteiger charge is 2.29.